The van der Waals surface area contributed by atoms with E-state index in [1.54, 1.807) is 17.4 Å². The lowest BCUT2D eigenvalue weighted by atomic mass is 9.98. The molecule has 1 aromatic heterocycles. The lowest BCUT2D eigenvalue weighted by Crippen LogP contribution is -2.47. The second-order valence-corrected chi connectivity index (χ2v) is 9.64. The van der Waals surface area contributed by atoms with E-state index in [1.165, 1.54) is 5.56 Å². The van der Waals surface area contributed by atoms with Crippen molar-refractivity contribution in [3.8, 4) is 11.1 Å². The summed E-state index contributed by atoms with van der Waals surface area (Å²) in [7, 11) is 0. The number of ether oxygens (including phenoxy) is 1. The second-order valence-electron chi connectivity index (χ2n) is 9.64. The van der Waals surface area contributed by atoms with Crippen LogP contribution in [0, 0.1) is 0 Å². The molecule has 2 heterocycles. The third kappa shape index (κ3) is 5.84. The van der Waals surface area contributed by atoms with Gasteiger partial charge in [-0.2, -0.15) is 0 Å². The maximum atomic E-state index is 13.0. The Morgan fingerprint density at radius 2 is 1.88 bits per heavy atom. The van der Waals surface area contributed by atoms with Gasteiger partial charge in [0.1, 0.15) is 11.6 Å². The van der Waals surface area contributed by atoms with Crippen molar-refractivity contribution in [1.82, 2.24) is 19.8 Å². The van der Waals surface area contributed by atoms with Crippen LogP contribution >= 0.6 is 0 Å². The topological polar surface area (TPSA) is 76.5 Å². The normalized spacial score (nSPS) is 15.9. The smallest absolute Gasteiger partial charge is 0.410 e. The van der Waals surface area contributed by atoms with Gasteiger partial charge in [-0.1, -0.05) is 48.5 Å². The average Bonchev–Trinajstić information content (AvgIpc) is 3.49. The highest BCUT2D eigenvalue weighted by Crippen LogP contribution is 2.25. The number of carbonyl (C=O) groups is 2. The van der Waals surface area contributed by atoms with Crippen LogP contribution in [0.4, 0.5) is 4.79 Å². The molecule has 2 aromatic carbocycles. The predicted molar refractivity (Wildman–Crippen MR) is 131 cm³/mol. The fourth-order valence-corrected chi connectivity index (χ4v) is 4.22. The molecule has 1 saturated heterocycles. The number of likely N-dealkylation sites (tertiary alicyclic amines) is 1. The van der Waals surface area contributed by atoms with Gasteiger partial charge < -0.3 is 14.6 Å². The first-order valence-electron chi connectivity index (χ1n) is 11.7. The maximum Gasteiger partial charge on any atom is 0.410 e. The van der Waals surface area contributed by atoms with E-state index in [-0.39, 0.29) is 5.91 Å². The van der Waals surface area contributed by atoms with Gasteiger partial charge in [0.25, 0.3) is 0 Å². The number of amides is 2. The molecule has 7 heteroatoms. The summed E-state index contributed by atoms with van der Waals surface area (Å²) in [6.45, 7) is 7.19. The summed E-state index contributed by atoms with van der Waals surface area (Å²) in [6.07, 6.45) is 6.53. The molecule has 34 heavy (non-hydrogen) atoms. The van der Waals surface area contributed by atoms with E-state index in [0.29, 0.717) is 19.5 Å². The molecular weight excluding hydrogens is 428 g/mol. The number of nitrogens with one attached hydrogen (secondary N) is 1. The average molecular weight is 461 g/mol. The lowest BCUT2D eigenvalue weighted by molar-refractivity contribution is -0.125. The van der Waals surface area contributed by atoms with Crippen molar-refractivity contribution in [2.45, 2.75) is 58.3 Å². The van der Waals surface area contributed by atoms with E-state index in [4.69, 9.17) is 4.74 Å². The summed E-state index contributed by atoms with van der Waals surface area (Å²) in [6, 6.07) is 16.0. The quantitative estimate of drug-likeness (QED) is 0.583. The Bertz CT molecular complexity index is 1120. The van der Waals surface area contributed by atoms with Crippen LogP contribution in [0.15, 0.2) is 67.3 Å². The maximum absolute atomic E-state index is 13.0. The van der Waals surface area contributed by atoms with Crippen molar-refractivity contribution in [2.24, 2.45) is 0 Å². The molecule has 0 radical (unpaired) electrons. The number of hydrogen-bond acceptors (Lipinski definition) is 4. The van der Waals surface area contributed by atoms with Gasteiger partial charge in [-0.15, -0.1) is 0 Å². The van der Waals surface area contributed by atoms with Crippen molar-refractivity contribution in [3.63, 3.8) is 0 Å². The van der Waals surface area contributed by atoms with Crippen LogP contribution in [-0.4, -0.2) is 44.6 Å². The molecule has 1 N–H and O–H groups in total. The van der Waals surface area contributed by atoms with Gasteiger partial charge in [0.2, 0.25) is 5.91 Å². The Morgan fingerprint density at radius 3 is 2.59 bits per heavy atom. The number of aromatic nitrogens is 2. The minimum Gasteiger partial charge on any atom is -0.444 e. The van der Waals surface area contributed by atoms with Crippen LogP contribution in [0.2, 0.25) is 0 Å². The zero-order valence-corrected chi connectivity index (χ0v) is 20.0. The molecule has 1 aliphatic heterocycles. The first kappa shape index (κ1) is 23.5. The Labute approximate surface area is 200 Å². The standard InChI is InChI=1S/C27H32N4O3/c1-27(2,3)34-26(33)31-15-6-9-24(31)25(32)29-17-22-7-4-5-8-23(22)21-12-10-20(11-13-21)18-30-16-14-28-19-30/h4-5,7-8,10-14,16,19,24H,6,9,15,17-18H2,1-3H3,(H,29,32)/t24-/m0/s1. The molecule has 2 amide bonds. The third-order valence-electron chi connectivity index (χ3n) is 5.84. The summed E-state index contributed by atoms with van der Waals surface area (Å²) >= 11 is 0. The molecule has 7 nitrogen and oxygen atoms in total. The van der Waals surface area contributed by atoms with Crippen molar-refractivity contribution in [3.05, 3.63) is 78.4 Å². The van der Waals surface area contributed by atoms with Crippen LogP contribution in [0.5, 0.6) is 0 Å². The van der Waals surface area contributed by atoms with Crippen LogP contribution < -0.4 is 5.32 Å². The molecular formula is C27H32N4O3. The number of imidazole rings is 1. The first-order chi connectivity index (χ1) is 16.3. The molecule has 0 bridgehead atoms. The highest BCUT2D eigenvalue weighted by Gasteiger charge is 2.36. The number of carbonyl (C=O) groups excluding carboxylic acids is 2. The molecule has 0 saturated carbocycles. The lowest BCUT2D eigenvalue weighted by Gasteiger charge is -2.28. The van der Waals surface area contributed by atoms with E-state index in [1.807, 2.05) is 49.7 Å². The molecule has 0 unspecified atom stereocenters. The summed E-state index contributed by atoms with van der Waals surface area (Å²) < 4.78 is 7.52. The number of benzene rings is 2. The minimum absolute atomic E-state index is 0.145. The van der Waals surface area contributed by atoms with Gasteiger partial charge in [-0.05, 0) is 55.9 Å². The van der Waals surface area contributed by atoms with Gasteiger partial charge in [0.15, 0.2) is 0 Å². The van der Waals surface area contributed by atoms with E-state index < -0.39 is 17.7 Å². The van der Waals surface area contributed by atoms with Crippen molar-refractivity contribution < 1.29 is 14.3 Å². The number of nitrogens with zero attached hydrogens (tertiary/aromatic N) is 3. The van der Waals surface area contributed by atoms with Gasteiger partial charge in [-0.25, -0.2) is 9.78 Å². The van der Waals surface area contributed by atoms with Gasteiger partial charge in [0.05, 0.1) is 6.33 Å². The predicted octanol–water partition coefficient (Wildman–Crippen LogP) is 4.61. The first-order valence-corrected chi connectivity index (χ1v) is 11.7. The summed E-state index contributed by atoms with van der Waals surface area (Å²) in [5, 5.41) is 3.04. The molecule has 4 rings (SSSR count). The van der Waals surface area contributed by atoms with Crippen molar-refractivity contribution in [2.75, 3.05) is 6.54 Å². The summed E-state index contributed by atoms with van der Waals surface area (Å²) in [5.41, 5.74) is 3.80. The molecule has 178 valence electrons. The molecule has 0 aliphatic carbocycles. The van der Waals surface area contributed by atoms with Crippen LogP contribution in [0.1, 0.15) is 44.7 Å². The number of hydrogen-bond donors (Lipinski definition) is 1. The zero-order chi connectivity index (χ0) is 24.1. The molecule has 3 aromatic rings. The largest absolute Gasteiger partial charge is 0.444 e. The molecule has 1 atom stereocenters. The van der Waals surface area contributed by atoms with Gasteiger partial charge >= 0.3 is 6.09 Å². The van der Waals surface area contributed by atoms with Crippen LogP contribution in [0.3, 0.4) is 0 Å². The third-order valence-corrected chi connectivity index (χ3v) is 5.84. The van der Waals surface area contributed by atoms with E-state index in [2.05, 4.69) is 40.6 Å². The Kier molecular flexibility index (Phi) is 7.01. The number of rotatable bonds is 6. The van der Waals surface area contributed by atoms with Crippen molar-refractivity contribution in [1.29, 1.82) is 0 Å². The van der Waals surface area contributed by atoms with E-state index >= 15 is 0 Å². The summed E-state index contributed by atoms with van der Waals surface area (Å²) in [5.74, 6) is -0.145. The van der Waals surface area contributed by atoms with Gasteiger partial charge in [-0.3, -0.25) is 9.69 Å². The van der Waals surface area contributed by atoms with Crippen molar-refractivity contribution >= 4 is 12.0 Å². The van der Waals surface area contributed by atoms with E-state index in [9.17, 15) is 9.59 Å². The Balaban J connectivity index is 1.41. The monoisotopic (exact) mass is 460 g/mol. The van der Waals surface area contributed by atoms with Crippen LogP contribution in [-0.2, 0) is 22.6 Å². The molecule has 0 spiro atoms. The van der Waals surface area contributed by atoms with Gasteiger partial charge in [0, 0.05) is 32.0 Å². The minimum atomic E-state index is -0.589. The fraction of sp³-hybridized carbons (Fsp3) is 0.370. The summed E-state index contributed by atoms with van der Waals surface area (Å²) in [4.78, 5) is 31.1. The Hall–Kier alpha value is -3.61. The Morgan fingerprint density at radius 1 is 1.12 bits per heavy atom. The second kappa shape index (κ2) is 10.1. The SMILES string of the molecule is CC(C)(C)OC(=O)N1CCC[C@H]1C(=O)NCc1ccccc1-c1ccc(Cn2ccnc2)cc1. The fourth-order valence-electron chi connectivity index (χ4n) is 4.22. The molecule has 1 fully saturated rings. The highest BCUT2D eigenvalue weighted by atomic mass is 16.6. The zero-order valence-electron chi connectivity index (χ0n) is 20.0. The molecule has 1 aliphatic rings. The van der Waals surface area contributed by atoms with Crippen LogP contribution in [0.25, 0.3) is 11.1 Å². The van der Waals surface area contributed by atoms with E-state index in [0.717, 1.165) is 29.7 Å². The highest BCUT2D eigenvalue weighted by molar-refractivity contribution is 5.86.